The van der Waals surface area contributed by atoms with Gasteiger partial charge in [-0.05, 0) is 29.8 Å². The predicted octanol–water partition coefficient (Wildman–Crippen LogP) is 3.14. The number of carbonyl (C=O) groups is 1. The van der Waals surface area contributed by atoms with E-state index in [1.165, 1.54) is 30.5 Å². The molecule has 5 nitrogen and oxygen atoms in total. The van der Waals surface area contributed by atoms with Crippen molar-refractivity contribution in [3.8, 4) is 16.9 Å². The number of benzene rings is 2. The smallest absolute Gasteiger partial charge is 0.435 e. The number of hydrazone groups is 1. The summed E-state index contributed by atoms with van der Waals surface area (Å²) >= 11 is 0. The van der Waals surface area contributed by atoms with Gasteiger partial charge in [0.25, 0.3) is 0 Å². The minimum atomic E-state index is -0.651. The Balaban J connectivity index is 1.98. The summed E-state index contributed by atoms with van der Waals surface area (Å²) in [6, 6.07) is 10.6. The summed E-state index contributed by atoms with van der Waals surface area (Å²) in [6.45, 7) is 0.110. The third-order valence-corrected chi connectivity index (χ3v) is 3.01. The maximum absolute atomic E-state index is 14.2. The van der Waals surface area contributed by atoms with Crippen molar-refractivity contribution < 1.29 is 19.0 Å². The van der Waals surface area contributed by atoms with Gasteiger partial charge in [0.05, 0.1) is 11.9 Å². The van der Waals surface area contributed by atoms with Gasteiger partial charge in [-0.3, -0.25) is 0 Å². The molecule has 106 valence electrons. The van der Waals surface area contributed by atoms with Crippen LogP contribution in [-0.4, -0.2) is 24.0 Å². The molecule has 3 rings (SSSR count). The number of ether oxygens (including phenoxy) is 1. The molecule has 1 aliphatic rings. The highest BCUT2D eigenvalue weighted by molar-refractivity contribution is 5.91. The first-order valence-corrected chi connectivity index (χ1v) is 6.23. The van der Waals surface area contributed by atoms with E-state index < -0.39 is 11.9 Å². The van der Waals surface area contributed by atoms with Gasteiger partial charge in [-0.15, -0.1) is 0 Å². The molecule has 0 saturated heterocycles. The number of aromatic hydroxyl groups is 1. The van der Waals surface area contributed by atoms with Gasteiger partial charge in [-0.1, -0.05) is 12.1 Å². The average Bonchev–Trinajstić information content (AvgIpc) is 2.47. The van der Waals surface area contributed by atoms with Gasteiger partial charge < -0.3 is 9.84 Å². The third kappa shape index (κ3) is 2.55. The normalized spacial score (nSPS) is 14.1. The van der Waals surface area contributed by atoms with Gasteiger partial charge in [0, 0.05) is 11.6 Å². The van der Waals surface area contributed by atoms with Gasteiger partial charge in [0.15, 0.2) is 0 Å². The zero-order valence-corrected chi connectivity index (χ0v) is 10.9. The summed E-state index contributed by atoms with van der Waals surface area (Å²) in [5.41, 5.74) is 1.14. The lowest BCUT2D eigenvalue weighted by molar-refractivity contribution is 0.167. The van der Waals surface area contributed by atoms with Crippen molar-refractivity contribution in [1.29, 1.82) is 0 Å². The summed E-state index contributed by atoms with van der Waals surface area (Å²) in [6.07, 6.45) is 0.768. The summed E-state index contributed by atoms with van der Waals surface area (Å²) in [5, 5.41) is 14.3. The minimum Gasteiger partial charge on any atom is -0.508 e. The number of amides is 1. The van der Waals surface area contributed by atoms with Crippen LogP contribution < -0.4 is 5.01 Å². The first-order chi connectivity index (χ1) is 10.1. The SMILES string of the molecule is O=C1OCC=NN1c1ccc(-c2cccc(O)c2)c(F)c1. The number of nitrogens with zero attached hydrogens (tertiary/aromatic N) is 2. The number of cyclic esters (lactones) is 1. The Bertz CT molecular complexity index is 731. The highest BCUT2D eigenvalue weighted by Gasteiger charge is 2.20. The second-order valence-electron chi connectivity index (χ2n) is 4.40. The topological polar surface area (TPSA) is 62.1 Å². The summed E-state index contributed by atoms with van der Waals surface area (Å²) in [5.74, 6) is -0.466. The van der Waals surface area contributed by atoms with Crippen molar-refractivity contribution in [3.63, 3.8) is 0 Å². The van der Waals surface area contributed by atoms with Gasteiger partial charge >= 0.3 is 6.09 Å². The molecule has 6 heteroatoms. The van der Waals surface area contributed by atoms with E-state index in [4.69, 9.17) is 4.74 Å². The van der Waals surface area contributed by atoms with Crippen LogP contribution in [0.1, 0.15) is 0 Å². The van der Waals surface area contributed by atoms with E-state index in [9.17, 15) is 14.3 Å². The van der Waals surface area contributed by atoms with Gasteiger partial charge in [-0.2, -0.15) is 10.1 Å². The van der Waals surface area contributed by atoms with E-state index in [0.717, 1.165) is 5.01 Å². The van der Waals surface area contributed by atoms with Crippen molar-refractivity contribution in [3.05, 3.63) is 48.3 Å². The molecule has 1 heterocycles. The molecule has 1 N–H and O–H groups in total. The van der Waals surface area contributed by atoms with Crippen molar-refractivity contribution in [1.82, 2.24) is 0 Å². The van der Waals surface area contributed by atoms with Crippen LogP contribution in [-0.2, 0) is 4.74 Å². The molecule has 0 bridgehead atoms. The monoisotopic (exact) mass is 286 g/mol. The molecule has 1 amide bonds. The van der Waals surface area contributed by atoms with E-state index in [0.29, 0.717) is 11.1 Å². The van der Waals surface area contributed by atoms with Crippen LogP contribution in [0.2, 0.25) is 0 Å². The second-order valence-corrected chi connectivity index (χ2v) is 4.40. The van der Waals surface area contributed by atoms with E-state index in [1.807, 2.05) is 0 Å². The van der Waals surface area contributed by atoms with E-state index >= 15 is 0 Å². The summed E-state index contributed by atoms with van der Waals surface area (Å²) in [7, 11) is 0. The molecule has 2 aromatic carbocycles. The molecule has 0 saturated carbocycles. The van der Waals surface area contributed by atoms with E-state index in [1.54, 1.807) is 18.2 Å². The average molecular weight is 286 g/mol. The van der Waals surface area contributed by atoms with E-state index in [2.05, 4.69) is 5.10 Å². The number of phenols is 1. The van der Waals surface area contributed by atoms with Crippen molar-refractivity contribution in [2.24, 2.45) is 5.10 Å². The van der Waals surface area contributed by atoms with E-state index in [-0.39, 0.29) is 18.0 Å². The van der Waals surface area contributed by atoms with Gasteiger partial charge in [0.1, 0.15) is 18.2 Å². The quantitative estimate of drug-likeness (QED) is 0.922. The Hall–Kier alpha value is -2.89. The number of carbonyl (C=O) groups excluding carboxylic acids is 1. The first kappa shape index (κ1) is 13.1. The summed E-state index contributed by atoms with van der Waals surface area (Å²) < 4.78 is 19.0. The summed E-state index contributed by atoms with van der Waals surface area (Å²) in [4.78, 5) is 11.5. The van der Waals surface area contributed by atoms with Crippen LogP contribution in [0.15, 0.2) is 47.6 Å². The number of rotatable bonds is 2. The Kier molecular flexibility index (Phi) is 3.27. The molecule has 21 heavy (non-hydrogen) atoms. The zero-order valence-electron chi connectivity index (χ0n) is 10.9. The number of hydrogen-bond acceptors (Lipinski definition) is 4. The largest absolute Gasteiger partial charge is 0.508 e. The third-order valence-electron chi connectivity index (χ3n) is 3.01. The Morgan fingerprint density at radius 1 is 1.24 bits per heavy atom. The Morgan fingerprint density at radius 2 is 2.10 bits per heavy atom. The minimum absolute atomic E-state index is 0.0557. The second kappa shape index (κ2) is 5.24. The van der Waals surface area contributed by atoms with Crippen LogP contribution in [0.25, 0.3) is 11.1 Å². The molecule has 0 fully saturated rings. The molecule has 0 aliphatic carbocycles. The standard InChI is InChI=1S/C15H11FN2O3/c16-14-9-11(18-15(20)21-7-6-17-18)4-5-13(14)10-2-1-3-12(19)8-10/h1-6,8-9,19H,7H2. The molecule has 0 spiro atoms. The lowest BCUT2D eigenvalue weighted by Crippen LogP contribution is -2.31. The van der Waals surface area contributed by atoms with Crippen LogP contribution in [0.5, 0.6) is 5.75 Å². The molecule has 0 aromatic heterocycles. The lowest BCUT2D eigenvalue weighted by atomic mass is 10.0. The molecular weight excluding hydrogens is 275 g/mol. The maximum Gasteiger partial charge on any atom is 0.435 e. The molecule has 0 radical (unpaired) electrons. The molecule has 1 aliphatic heterocycles. The predicted molar refractivity (Wildman–Crippen MR) is 75.8 cm³/mol. The van der Waals surface area contributed by atoms with Crippen molar-refractivity contribution in [2.45, 2.75) is 0 Å². The fourth-order valence-corrected chi connectivity index (χ4v) is 2.05. The van der Waals surface area contributed by atoms with Crippen LogP contribution >= 0.6 is 0 Å². The van der Waals surface area contributed by atoms with Gasteiger partial charge in [0.2, 0.25) is 0 Å². The molecular formula is C15H11FN2O3. The zero-order chi connectivity index (χ0) is 14.8. The molecule has 0 unspecified atom stereocenters. The maximum atomic E-state index is 14.2. The highest BCUT2D eigenvalue weighted by atomic mass is 19.1. The van der Waals surface area contributed by atoms with Crippen molar-refractivity contribution in [2.75, 3.05) is 11.6 Å². The number of phenolic OH excluding ortho intramolecular Hbond substituents is 1. The van der Waals surface area contributed by atoms with Crippen molar-refractivity contribution >= 4 is 18.0 Å². The molecule has 0 atom stereocenters. The number of halogens is 1. The van der Waals surface area contributed by atoms with Crippen LogP contribution in [0.3, 0.4) is 0 Å². The fourth-order valence-electron chi connectivity index (χ4n) is 2.05. The number of hydrogen-bond donors (Lipinski definition) is 1. The van der Waals surface area contributed by atoms with Crippen LogP contribution in [0.4, 0.5) is 14.9 Å². The number of anilines is 1. The highest BCUT2D eigenvalue weighted by Crippen LogP contribution is 2.29. The first-order valence-electron chi connectivity index (χ1n) is 6.23. The Morgan fingerprint density at radius 3 is 2.81 bits per heavy atom. The Labute approximate surface area is 119 Å². The van der Waals surface area contributed by atoms with Crippen LogP contribution in [0, 0.1) is 5.82 Å². The molecule has 2 aromatic rings. The van der Waals surface area contributed by atoms with Gasteiger partial charge in [-0.25, -0.2) is 9.18 Å². The fraction of sp³-hybridized carbons (Fsp3) is 0.0667. The lowest BCUT2D eigenvalue weighted by Gasteiger charge is -2.20.